The van der Waals surface area contributed by atoms with E-state index in [2.05, 4.69) is 69.6 Å². The summed E-state index contributed by atoms with van der Waals surface area (Å²) in [5, 5.41) is 10.7. The van der Waals surface area contributed by atoms with Gasteiger partial charge >= 0.3 is 0 Å². The summed E-state index contributed by atoms with van der Waals surface area (Å²) in [6.45, 7) is 16.4. The highest BCUT2D eigenvalue weighted by molar-refractivity contribution is 9.10. The number of rotatable bonds is 5. The molecule has 0 aliphatic heterocycles. The van der Waals surface area contributed by atoms with Crippen molar-refractivity contribution in [3.05, 3.63) is 50.0 Å². The minimum Gasteiger partial charge on any atom is -0.504 e. The summed E-state index contributed by atoms with van der Waals surface area (Å²) in [6.07, 6.45) is 5.72. The van der Waals surface area contributed by atoms with Crippen molar-refractivity contribution in [2.75, 3.05) is 13.7 Å². The van der Waals surface area contributed by atoms with E-state index in [1.165, 1.54) is 35.1 Å². The molecule has 0 spiro atoms. The SMILES string of the molecule is COc1c(O)c(C)cc2c1C(C)(C)C([C@@H](C)COc1c(C)cc3c(c1Br)C(C)(C)CCC3)CC2. The van der Waals surface area contributed by atoms with E-state index in [0.717, 1.165) is 40.6 Å². The molecule has 1 unspecified atom stereocenters. The van der Waals surface area contributed by atoms with E-state index in [0.29, 0.717) is 24.2 Å². The van der Waals surface area contributed by atoms with Gasteiger partial charge in [0.1, 0.15) is 5.75 Å². The lowest BCUT2D eigenvalue weighted by Gasteiger charge is -2.44. The van der Waals surface area contributed by atoms with Crippen LogP contribution in [0.2, 0.25) is 0 Å². The zero-order valence-electron chi connectivity index (χ0n) is 22.2. The Labute approximate surface area is 214 Å². The first-order valence-electron chi connectivity index (χ1n) is 12.7. The van der Waals surface area contributed by atoms with Crippen LogP contribution >= 0.6 is 15.9 Å². The largest absolute Gasteiger partial charge is 0.504 e. The molecule has 0 radical (unpaired) electrons. The van der Waals surface area contributed by atoms with Gasteiger partial charge in [-0.25, -0.2) is 0 Å². The fourth-order valence-electron chi connectivity index (χ4n) is 6.91. The Bertz CT molecular complexity index is 1100. The van der Waals surface area contributed by atoms with Gasteiger partial charge in [-0.2, -0.15) is 0 Å². The smallest absolute Gasteiger partial charge is 0.164 e. The summed E-state index contributed by atoms with van der Waals surface area (Å²) in [5.74, 6) is 2.69. The Kier molecular flexibility index (Phi) is 6.78. The molecule has 1 N–H and O–H groups in total. The zero-order valence-corrected chi connectivity index (χ0v) is 23.8. The van der Waals surface area contributed by atoms with Crippen LogP contribution in [-0.4, -0.2) is 18.8 Å². The molecule has 0 heterocycles. The maximum Gasteiger partial charge on any atom is 0.164 e. The molecular weight excluding hydrogens is 488 g/mol. The highest BCUT2D eigenvalue weighted by Crippen LogP contribution is 2.52. The van der Waals surface area contributed by atoms with E-state index in [9.17, 15) is 5.11 Å². The number of phenols is 1. The van der Waals surface area contributed by atoms with Gasteiger partial charge in [0.2, 0.25) is 0 Å². The summed E-state index contributed by atoms with van der Waals surface area (Å²) in [7, 11) is 1.67. The van der Waals surface area contributed by atoms with Crippen molar-refractivity contribution in [2.24, 2.45) is 11.8 Å². The molecule has 0 amide bonds. The normalized spacial score (nSPS) is 21.4. The standard InChI is InChI=1S/C30H41BrO3/c1-17-14-21-11-12-22(30(6,7)24(21)28(33-8)26(17)32)19(3)16-34-27-18(2)15-20-10-9-13-29(4,5)23(20)25(27)31/h14-15,19,22,32H,9-13,16H2,1-8H3/t19-,22?/m0/s1. The molecule has 4 rings (SSSR count). The van der Waals surface area contributed by atoms with Gasteiger partial charge < -0.3 is 14.6 Å². The van der Waals surface area contributed by atoms with Crippen molar-refractivity contribution >= 4 is 15.9 Å². The zero-order chi connectivity index (χ0) is 25.0. The van der Waals surface area contributed by atoms with E-state index < -0.39 is 0 Å². The molecule has 2 aliphatic rings. The molecule has 2 aliphatic carbocycles. The summed E-state index contributed by atoms with van der Waals surface area (Å²) < 4.78 is 13.5. The molecule has 0 saturated carbocycles. The van der Waals surface area contributed by atoms with Gasteiger partial charge in [-0.3, -0.25) is 0 Å². The predicted molar refractivity (Wildman–Crippen MR) is 144 cm³/mol. The van der Waals surface area contributed by atoms with Crippen molar-refractivity contribution in [1.82, 2.24) is 0 Å². The highest BCUT2D eigenvalue weighted by atomic mass is 79.9. The third-order valence-corrected chi connectivity index (χ3v) is 9.38. The van der Waals surface area contributed by atoms with Crippen LogP contribution in [0, 0.1) is 25.7 Å². The maximum absolute atomic E-state index is 10.7. The molecule has 34 heavy (non-hydrogen) atoms. The number of aryl methyl sites for hydroxylation is 4. The van der Waals surface area contributed by atoms with Crippen LogP contribution in [0.1, 0.15) is 87.3 Å². The Hall–Kier alpha value is -1.68. The van der Waals surface area contributed by atoms with E-state index >= 15 is 0 Å². The molecule has 3 nitrogen and oxygen atoms in total. The second-order valence-electron chi connectivity index (χ2n) is 11.9. The molecule has 0 fully saturated rings. The Balaban J connectivity index is 1.61. The molecule has 0 aromatic heterocycles. The number of aromatic hydroxyl groups is 1. The highest BCUT2D eigenvalue weighted by Gasteiger charge is 2.43. The maximum atomic E-state index is 10.7. The molecule has 2 aromatic rings. The lowest BCUT2D eigenvalue weighted by atomic mass is 9.61. The third kappa shape index (κ3) is 4.14. The number of benzene rings is 2. The Morgan fingerprint density at radius 1 is 1.03 bits per heavy atom. The van der Waals surface area contributed by atoms with E-state index in [-0.39, 0.29) is 16.6 Å². The van der Waals surface area contributed by atoms with Crippen LogP contribution < -0.4 is 9.47 Å². The predicted octanol–water partition coefficient (Wildman–Crippen LogP) is 7.95. The minimum absolute atomic E-state index is 0.128. The van der Waals surface area contributed by atoms with E-state index in [4.69, 9.17) is 9.47 Å². The van der Waals surface area contributed by atoms with Crippen LogP contribution in [-0.2, 0) is 23.7 Å². The van der Waals surface area contributed by atoms with Crippen LogP contribution in [0.3, 0.4) is 0 Å². The topological polar surface area (TPSA) is 38.7 Å². The Morgan fingerprint density at radius 2 is 1.68 bits per heavy atom. The number of fused-ring (bicyclic) bond motifs is 2. The number of hydrogen-bond donors (Lipinski definition) is 1. The number of hydrogen-bond acceptors (Lipinski definition) is 3. The van der Waals surface area contributed by atoms with E-state index in [1.807, 2.05) is 6.92 Å². The molecule has 0 bridgehead atoms. The minimum atomic E-state index is -0.128. The third-order valence-electron chi connectivity index (χ3n) is 8.62. The molecular formula is C30H41BrO3. The second kappa shape index (κ2) is 9.08. The van der Waals surface area contributed by atoms with Gasteiger partial charge in [0.05, 0.1) is 18.2 Å². The summed E-state index contributed by atoms with van der Waals surface area (Å²) in [5.41, 5.74) is 7.49. The van der Waals surface area contributed by atoms with Crippen molar-refractivity contribution in [3.63, 3.8) is 0 Å². The Morgan fingerprint density at radius 3 is 2.35 bits per heavy atom. The average Bonchev–Trinajstić information content (AvgIpc) is 2.73. The summed E-state index contributed by atoms with van der Waals surface area (Å²) >= 11 is 3.95. The van der Waals surface area contributed by atoms with Crippen molar-refractivity contribution in [1.29, 1.82) is 0 Å². The summed E-state index contributed by atoms with van der Waals surface area (Å²) in [6, 6.07) is 4.49. The second-order valence-corrected chi connectivity index (χ2v) is 12.7. The number of phenolic OH excluding ortho intramolecular Hbond substituents is 1. The van der Waals surface area contributed by atoms with Gasteiger partial charge in [0.25, 0.3) is 0 Å². The first-order valence-corrected chi connectivity index (χ1v) is 13.5. The molecule has 2 atom stereocenters. The van der Waals surface area contributed by atoms with Gasteiger partial charge in [-0.1, -0.05) is 46.8 Å². The number of ether oxygens (including phenoxy) is 2. The quantitative estimate of drug-likeness (QED) is 0.427. The van der Waals surface area contributed by atoms with Crippen LogP contribution in [0.25, 0.3) is 0 Å². The first kappa shape index (κ1) is 25.4. The van der Waals surface area contributed by atoms with E-state index in [1.54, 1.807) is 7.11 Å². The van der Waals surface area contributed by atoms with Crippen molar-refractivity contribution in [2.45, 2.75) is 91.4 Å². The first-order chi connectivity index (χ1) is 15.9. The summed E-state index contributed by atoms with van der Waals surface area (Å²) in [4.78, 5) is 0. The lowest BCUT2D eigenvalue weighted by Crippen LogP contribution is -2.40. The van der Waals surface area contributed by atoms with Crippen LogP contribution in [0.5, 0.6) is 17.2 Å². The van der Waals surface area contributed by atoms with Gasteiger partial charge in [0, 0.05) is 5.56 Å². The van der Waals surface area contributed by atoms with Gasteiger partial charge in [0.15, 0.2) is 11.5 Å². The number of halogens is 1. The van der Waals surface area contributed by atoms with Gasteiger partial charge in [-0.15, -0.1) is 0 Å². The van der Waals surface area contributed by atoms with Crippen molar-refractivity contribution < 1.29 is 14.6 Å². The van der Waals surface area contributed by atoms with Crippen molar-refractivity contribution in [3.8, 4) is 17.2 Å². The fourth-order valence-corrected chi connectivity index (χ4v) is 8.13. The number of methoxy groups -OCH3 is 1. The average molecular weight is 530 g/mol. The van der Waals surface area contributed by atoms with Crippen LogP contribution in [0.15, 0.2) is 16.6 Å². The van der Waals surface area contributed by atoms with Crippen LogP contribution in [0.4, 0.5) is 0 Å². The molecule has 2 aromatic carbocycles. The molecule has 0 saturated heterocycles. The van der Waals surface area contributed by atoms with Gasteiger partial charge in [-0.05, 0) is 112 Å². The lowest BCUT2D eigenvalue weighted by molar-refractivity contribution is 0.134. The molecule has 186 valence electrons. The molecule has 4 heteroatoms. The fraction of sp³-hybridized carbons (Fsp3) is 0.600. The monoisotopic (exact) mass is 528 g/mol.